The van der Waals surface area contributed by atoms with Gasteiger partial charge in [-0.3, -0.25) is 19.3 Å². The van der Waals surface area contributed by atoms with Crippen LogP contribution in [0.3, 0.4) is 0 Å². The first kappa shape index (κ1) is 16.7. The average molecular weight is 374 g/mol. The first-order valence-electron chi connectivity index (χ1n) is 9.29. The van der Waals surface area contributed by atoms with Crippen LogP contribution in [0.2, 0.25) is 0 Å². The number of aromatic hydroxyl groups is 1. The third-order valence-corrected chi connectivity index (χ3v) is 5.98. The number of benzene rings is 2. The quantitative estimate of drug-likeness (QED) is 0.491. The van der Waals surface area contributed by atoms with Crippen LogP contribution in [0.25, 0.3) is 0 Å². The minimum atomic E-state index is -0.310. The van der Waals surface area contributed by atoms with Crippen molar-refractivity contribution in [3.05, 3.63) is 66.2 Å². The number of hydrogen-bond donors (Lipinski definition) is 2. The van der Waals surface area contributed by atoms with Gasteiger partial charge in [0, 0.05) is 11.3 Å². The largest absolute Gasteiger partial charge is 0.508 e. The predicted octanol–water partition coefficient (Wildman–Crippen LogP) is 2.96. The zero-order valence-electron chi connectivity index (χ0n) is 14.9. The minimum absolute atomic E-state index is 0.121. The van der Waals surface area contributed by atoms with Gasteiger partial charge in [-0.2, -0.15) is 0 Å². The van der Waals surface area contributed by atoms with Crippen LogP contribution in [0.1, 0.15) is 16.8 Å². The molecule has 2 aromatic rings. The van der Waals surface area contributed by atoms with Crippen molar-refractivity contribution in [3.8, 4) is 5.75 Å². The summed E-state index contributed by atoms with van der Waals surface area (Å²) in [6.45, 7) is 0. The number of carbonyl (C=O) groups excluding carboxylic acids is 3. The maximum atomic E-state index is 12.8. The molecule has 1 aliphatic heterocycles. The number of imide groups is 1. The molecule has 3 aliphatic rings. The number of allylic oxidation sites excluding steroid dienone is 2. The Balaban J connectivity index is 1.34. The van der Waals surface area contributed by atoms with E-state index in [2.05, 4.69) is 17.5 Å². The summed E-state index contributed by atoms with van der Waals surface area (Å²) in [5.74, 6) is -0.578. The van der Waals surface area contributed by atoms with E-state index in [9.17, 15) is 19.5 Å². The monoisotopic (exact) mass is 374 g/mol. The highest BCUT2D eigenvalue weighted by Gasteiger charge is 2.59. The maximum absolute atomic E-state index is 12.8. The lowest BCUT2D eigenvalue weighted by molar-refractivity contribution is -0.123. The highest BCUT2D eigenvalue weighted by molar-refractivity contribution is 6.23. The Hall–Kier alpha value is -3.41. The highest BCUT2D eigenvalue weighted by Crippen LogP contribution is 2.53. The van der Waals surface area contributed by atoms with E-state index in [0.29, 0.717) is 16.9 Å². The summed E-state index contributed by atoms with van der Waals surface area (Å²) in [6.07, 6.45) is 5.03. The van der Waals surface area contributed by atoms with E-state index in [0.717, 1.165) is 6.42 Å². The third kappa shape index (κ3) is 2.45. The van der Waals surface area contributed by atoms with E-state index < -0.39 is 0 Å². The number of fused-ring (bicyclic) bond motifs is 5. The molecule has 4 atom stereocenters. The Labute approximate surface area is 161 Å². The molecule has 28 heavy (non-hydrogen) atoms. The Bertz CT molecular complexity index is 980. The molecular weight excluding hydrogens is 356 g/mol. The van der Waals surface area contributed by atoms with Crippen molar-refractivity contribution < 1.29 is 19.5 Å². The topological polar surface area (TPSA) is 86.7 Å². The summed E-state index contributed by atoms with van der Waals surface area (Å²) >= 11 is 0. The van der Waals surface area contributed by atoms with Crippen molar-refractivity contribution in [1.82, 2.24) is 0 Å². The van der Waals surface area contributed by atoms with E-state index in [1.807, 2.05) is 0 Å². The molecule has 1 heterocycles. The number of phenols is 1. The molecule has 2 aromatic carbocycles. The second-order valence-electron chi connectivity index (χ2n) is 7.56. The van der Waals surface area contributed by atoms with Crippen molar-refractivity contribution in [2.75, 3.05) is 10.2 Å². The van der Waals surface area contributed by atoms with Crippen LogP contribution in [0.5, 0.6) is 5.75 Å². The number of amides is 3. The van der Waals surface area contributed by atoms with E-state index in [1.165, 1.54) is 17.0 Å². The van der Waals surface area contributed by atoms with Gasteiger partial charge in [-0.05, 0) is 66.8 Å². The molecule has 6 nitrogen and oxygen atoms in total. The molecule has 1 saturated heterocycles. The SMILES string of the molecule is O=C(Nc1ccc(O)cc1)c1ccc(N2C(=O)[C@@H]3[C@H](C2=O)[C@H]2C=C[C@H]3C2)cc1. The van der Waals surface area contributed by atoms with Gasteiger partial charge in [0.15, 0.2) is 0 Å². The van der Waals surface area contributed by atoms with Crippen molar-refractivity contribution in [2.45, 2.75) is 6.42 Å². The number of rotatable bonds is 3. The number of nitrogens with zero attached hydrogens (tertiary/aromatic N) is 1. The molecule has 5 rings (SSSR count). The molecule has 140 valence electrons. The fourth-order valence-corrected chi connectivity index (χ4v) is 4.67. The number of phenolic OH excluding ortho intramolecular Hbond substituents is 1. The highest BCUT2D eigenvalue weighted by atomic mass is 16.3. The Morgan fingerprint density at radius 1 is 0.893 bits per heavy atom. The second kappa shape index (κ2) is 6.05. The molecule has 3 amide bonds. The van der Waals surface area contributed by atoms with Crippen molar-refractivity contribution in [3.63, 3.8) is 0 Å². The smallest absolute Gasteiger partial charge is 0.255 e. The zero-order valence-corrected chi connectivity index (χ0v) is 14.9. The number of nitrogens with one attached hydrogen (secondary N) is 1. The van der Waals surface area contributed by atoms with Gasteiger partial charge in [0.05, 0.1) is 17.5 Å². The summed E-state index contributed by atoms with van der Waals surface area (Å²) < 4.78 is 0. The third-order valence-electron chi connectivity index (χ3n) is 5.98. The van der Waals surface area contributed by atoms with Crippen LogP contribution in [0.4, 0.5) is 11.4 Å². The fraction of sp³-hybridized carbons (Fsp3) is 0.227. The predicted molar refractivity (Wildman–Crippen MR) is 103 cm³/mol. The second-order valence-corrected chi connectivity index (χ2v) is 7.56. The van der Waals surface area contributed by atoms with Crippen molar-refractivity contribution in [1.29, 1.82) is 0 Å². The number of hydrogen-bond acceptors (Lipinski definition) is 4. The molecule has 6 heteroatoms. The molecule has 0 aromatic heterocycles. The van der Waals surface area contributed by atoms with E-state index in [4.69, 9.17) is 0 Å². The minimum Gasteiger partial charge on any atom is -0.508 e. The molecule has 2 bridgehead atoms. The molecule has 2 N–H and O–H groups in total. The van der Waals surface area contributed by atoms with Crippen LogP contribution < -0.4 is 10.2 Å². The van der Waals surface area contributed by atoms with Gasteiger partial charge >= 0.3 is 0 Å². The van der Waals surface area contributed by atoms with Gasteiger partial charge in [0.2, 0.25) is 11.8 Å². The van der Waals surface area contributed by atoms with Gasteiger partial charge in [0.1, 0.15) is 5.75 Å². The van der Waals surface area contributed by atoms with Gasteiger partial charge < -0.3 is 10.4 Å². The lowest BCUT2D eigenvalue weighted by Gasteiger charge is -2.17. The lowest BCUT2D eigenvalue weighted by atomic mass is 9.85. The standard InChI is InChI=1S/C22H18N2O4/c25-17-9-5-15(6-10-17)23-20(26)12-3-7-16(8-4-12)24-21(27)18-13-1-2-14(11-13)19(18)22(24)28/h1-10,13-14,18-19,25H,11H2,(H,23,26)/t13-,14-,18-,19+/m0/s1. The lowest BCUT2D eigenvalue weighted by Crippen LogP contribution is -2.32. The van der Waals surface area contributed by atoms with Crippen LogP contribution in [-0.2, 0) is 9.59 Å². The molecule has 0 spiro atoms. The first-order valence-corrected chi connectivity index (χ1v) is 9.29. The van der Waals surface area contributed by atoms with Gasteiger partial charge in [0.25, 0.3) is 5.91 Å². The van der Waals surface area contributed by atoms with E-state index in [1.54, 1.807) is 36.4 Å². The maximum Gasteiger partial charge on any atom is 0.255 e. The average Bonchev–Trinajstić information content (AvgIpc) is 3.38. The van der Waals surface area contributed by atoms with Gasteiger partial charge in [-0.25, -0.2) is 0 Å². The molecule has 1 saturated carbocycles. The van der Waals surface area contributed by atoms with Gasteiger partial charge in [-0.1, -0.05) is 12.2 Å². The summed E-state index contributed by atoms with van der Waals surface area (Å²) in [4.78, 5) is 39.4. The Kier molecular flexibility index (Phi) is 3.62. The first-order chi connectivity index (χ1) is 13.5. The van der Waals surface area contributed by atoms with Crippen molar-refractivity contribution >= 4 is 29.1 Å². The molecule has 2 aliphatic carbocycles. The number of anilines is 2. The molecular formula is C22H18N2O4. The van der Waals surface area contributed by atoms with Crippen LogP contribution in [0.15, 0.2) is 60.7 Å². The Morgan fingerprint density at radius 3 is 2.04 bits per heavy atom. The van der Waals surface area contributed by atoms with Crippen LogP contribution in [0, 0.1) is 23.7 Å². The van der Waals surface area contributed by atoms with Crippen LogP contribution in [-0.4, -0.2) is 22.8 Å². The van der Waals surface area contributed by atoms with Crippen molar-refractivity contribution in [2.24, 2.45) is 23.7 Å². The van der Waals surface area contributed by atoms with Crippen LogP contribution >= 0.6 is 0 Å². The van der Waals surface area contributed by atoms with E-state index >= 15 is 0 Å². The van der Waals surface area contributed by atoms with Gasteiger partial charge in [-0.15, -0.1) is 0 Å². The fourth-order valence-electron chi connectivity index (χ4n) is 4.67. The molecule has 2 fully saturated rings. The zero-order chi connectivity index (χ0) is 19.4. The van der Waals surface area contributed by atoms with E-state index in [-0.39, 0.29) is 47.1 Å². The Morgan fingerprint density at radius 2 is 1.46 bits per heavy atom. The summed E-state index contributed by atoms with van der Waals surface area (Å²) in [5.41, 5.74) is 1.48. The normalized spacial score (nSPS) is 27.4. The molecule has 0 unspecified atom stereocenters. The summed E-state index contributed by atoms with van der Waals surface area (Å²) in [7, 11) is 0. The summed E-state index contributed by atoms with van der Waals surface area (Å²) in [5, 5.41) is 12.0. The molecule has 0 radical (unpaired) electrons. The number of carbonyl (C=O) groups is 3. The summed E-state index contributed by atoms with van der Waals surface area (Å²) in [6, 6.07) is 12.7.